The fourth-order valence-corrected chi connectivity index (χ4v) is 0.533. The fraction of sp³-hybridized carbons (Fsp3) is 0.400. The van der Waals surface area contributed by atoms with E-state index in [0.29, 0.717) is 0 Å². The summed E-state index contributed by atoms with van der Waals surface area (Å²) >= 11 is 0. The molecule has 0 radical (unpaired) electrons. The molecule has 0 aromatic carbocycles. The third-order valence-electron chi connectivity index (χ3n) is 1.23. The Bertz CT molecular complexity index is 387. The smallest absolute Gasteiger partial charge is 0.869 e. The molecule has 0 aliphatic carbocycles. The Morgan fingerprint density at radius 1 is 0.739 bits per heavy atom. The van der Waals surface area contributed by atoms with Crippen molar-refractivity contribution in [3.63, 3.8) is 0 Å². The van der Waals surface area contributed by atoms with E-state index in [2.05, 4.69) is 0 Å². The summed E-state index contributed by atoms with van der Waals surface area (Å²) in [6.45, 7) is 1.76. The van der Waals surface area contributed by atoms with Gasteiger partial charge in [-0.2, -0.15) is 26.3 Å². The van der Waals surface area contributed by atoms with E-state index >= 15 is 0 Å². The van der Waals surface area contributed by atoms with Crippen LogP contribution < -0.4 is 10.2 Å². The first-order chi connectivity index (χ1) is 8.67. The number of alkyl halides is 6. The molecule has 140 valence electrons. The number of rotatable bonds is 2. The number of hydrogen-bond acceptors (Lipinski definition) is 4. The Morgan fingerprint density at radius 3 is 0.957 bits per heavy atom. The average molecular weight is 401 g/mol. The second-order valence-corrected chi connectivity index (χ2v) is 3.23. The van der Waals surface area contributed by atoms with Crippen LogP contribution in [0.2, 0.25) is 0 Å². The SMILES string of the molecule is CC(=O)/C=C(\[O-])C(F)(F)F.CC(=O)/C=C(\[O-])C(F)(F)F.O.O.[Ni+2]. The number of carbonyl (C=O) groups is 2. The number of carbonyl (C=O) groups excluding carboxylic acids is 2. The predicted octanol–water partition coefficient (Wildman–Crippen LogP) is -0.888. The van der Waals surface area contributed by atoms with E-state index in [1.54, 1.807) is 0 Å². The monoisotopic (exact) mass is 400 g/mol. The van der Waals surface area contributed by atoms with Crippen LogP contribution in [0.25, 0.3) is 0 Å². The maximum absolute atomic E-state index is 11.3. The summed E-state index contributed by atoms with van der Waals surface area (Å²) in [5.74, 6) is -6.02. The molecule has 0 aliphatic rings. The zero-order valence-electron chi connectivity index (χ0n) is 11.4. The summed E-state index contributed by atoms with van der Waals surface area (Å²) in [4.78, 5) is 19.8. The molecule has 0 aliphatic heterocycles. The van der Waals surface area contributed by atoms with E-state index in [1.165, 1.54) is 0 Å². The van der Waals surface area contributed by atoms with Crippen LogP contribution >= 0.6 is 0 Å². The van der Waals surface area contributed by atoms with Crippen molar-refractivity contribution in [1.29, 1.82) is 0 Å². The topological polar surface area (TPSA) is 143 Å². The van der Waals surface area contributed by atoms with Gasteiger partial charge in [0.2, 0.25) is 0 Å². The van der Waals surface area contributed by atoms with Gasteiger partial charge < -0.3 is 21.2 Å². The third kappa shape index (κ3) is 20.4. The molecule has 0 amide bonds. The van der Waals surface area contributed by atoms with Gasteiger partial charge in [0.1, 0.15) is 0 Å². The number of ketones is 2. The quantitative estimate of drug-likeness (QED) is 0.256. The van der Waals surface area contributed by atoms with E-state index in [0.717, 1.165) is 13.8 Å². The van der Waals surface area contributed by atoms with Crippen molar-refractivity contribution in [2.45, 2.75) is 26.2 Å². The molecule has 0 saturated heterocycles. The Kier molecular flexibility index (Phi) is 18.6. The molecule has 0 spiro atoms. The molecular formula is C10H12F6NiO6. The molecule has 0 unspecified atom stereocenters. The van der Waals surface area contributed by atoms with Crippen LogP contribution in [-0.4, -0.2) is 34.9 Å². The van der Waals surface area contributed by atoms with Gasteiger partial charge in [-0.3, -0.25) is 9.59 Å². The van der Waals surface area contributed by atoms with Crippen molar-refractivity contribution in [3.8, 4) is 0 Å². The first-order valence-corrected chi connectivity index (χ1v) is 4.61. The molecule has 4 N–H and O–H groups in total. The zero-order valence-corrected chi connectivity index (χ0v) is 12.4. The van der Waals surface area contributed by atoms with E-state index in [4.69, 9.17) is 0 Å². The molecule has 6 nitrogen and oxygen atoms in total. The number of hydrogen-bond donors (Lipinski definition) is 0. The molecule has 0 aromatic rings. The molecule has 0 heterocycles. The van der Waals surface area contributed by atoms with Crippen molar-refractivity contribution in [1.82, 2.24) is 0 Å². The second-order valence-electron chi connectivity index (χ2n) is 3.23. The van der Waals surface area contributed by atoms with Crippen molar-refractivity contribution >= 4 is 11.6 Å². The van der Waals surface area contributed by atoms with E-state index < -0.39 is 35.4 Å². The number of halogens is 6. The van der Waals surface area contributed by atoms with Gasteiger partial charge in [0.25, 0.3) is 0 Å². The average Bonchev–Trinajstić information content (AvgIpc) is 2.13. The van der Waals surface area contributed by atoms with Gasteiger partial charge in [0.15, 0.2) is 11.6 Å². The molecule has 0 atom stereocenters. The Labute approximate surface area is 136 Å². The van der Waals surface area contributed by atoms with Crippen LogP contribution in [0.5, 0.6) is 0 Å². The minimum atomic E-state index is -4.92. The summed E-state index contributed by atoms with van der Waals surface area (Å²) in [6, 6.07) is 0. The van der Waals surface area contributed by atoms with Gasteiger partial charge in [-0.1, -0.05) is 0 Å². The molecule has 0 rings (SSSR count). The molecular weight excluding hydrogens is 389 g/mol. The summed E-state index contributed by atoms with van der Waals surface area (Å²) in [5.41, 5.74) is 0. The van der Waals surface area contributed by atoms with Gasteiger partial charge in [0.05, 0.1) is 0 Å². The van der Waals surface area contributed by atoms with Crippen molar-refractivity contribution < 1.29 is 73.6 Å². The van der Waals surface area contributed by atoms with Crippen molar-refractivity contribution in [3.05, 3.63) is 23.7 Å². The van der Waals surface area contributed by atoms with Crippen molar-refractivity contribution in [2.75, 3.05) is 0 Å². The Morgan fingerprint density at radius 2 is 0.913 bits per heavy atom. The summed E-state index contributed by atoms with van der Waals surface area (Å²) in [7, 11) is 0. The number of allylic oxidation sites excluding steroid dienone is 4. The molecule has 13 heteroatoms. The molecule has 23 heavy (non-hydrogen) atoms. The van der Waals surface area contributed by atoms with Gasteiger partial charge in [-0.15, -0.1) is 0 Å². The molecule has 0 aromatic heterocycles. The van der Waals surface area contributed by atoms with E-state index in [-0.39, 0.29) is 39.6 Å². The van der Waals surface area contributed by atoms with Crippen LogP contribution in [0.3, 0.4) is 0 Å². The summed E-state index contributed by atoms with van der Waals surface area (Å²) < 4.78 is 67.7. The maximum Gasteiger partial charge on any atom is 2.00 e. The maximum atomic E-state index is 11.3. The molecule has 0 saturated carbocycles. The first-order valence-electron chi connectivity index (χ1n) is 4.61. The Balaban J connectivity index is -0.0000000831. The second kappa shape index (κ2) is 12.9. The minimum Gasteiger partial charge on any atom is -0.869 e. The largest absolute Gasteiger partial charge is 2.00 e. The first kappa shape index (κ1) is 33.1. The zero-order chi connectivity index (χ0) is 16.7. The van der Waals surface area contributed by atoms with Gasteiger partial charge in [-0.05, 0) is 37.5 Å². The summed E-state index contributed by atoms with van der Waals surface area (Å²) in [6.07, 6.45) is -9.82. The fourth-order valence-electron chi connectivity index (χ4n) is 0.533. The standard InChI is InChI=1S/2C5H5F3O2.Ni.2H2O/c2*1-3(9)2-4(10)5(6,7)8;;;/h2*2,10H,1H3;;2*1H2/q;;+2;;/p-2/b2*4-2-;;;. The normalized spacial score (nSPS) is 11.7. The minimum absolute atomic E-state index is 0. The summed E-state index contributed by atoms with van der Waals surface area (Å²) in [5, 5.41) is 19.7. The van der Waals surface area contributed by atoms with Gasteiger partial charge >= 0.3 is 28.8 Å². The predicted molar refractivity (Wildman–Crippen MR) is 56.9 cm³/mol. The van der Waals surface area contributed by atoms with E-state index in [1.807, 2.05) is 0 Å². The Hall–Kier alpha value is -1.59. The molecule has 0 fully saturated rings. The van der Waals surface area contributed by atoms with Crippen LogP contribution in [0, 0.1) is 0 Å². The van der Waals surface area contributed by atoms with Crippen LogP contribution in [-0.2, 0) is 26.1 Å². The van der Waals surface area contributed by atoms with Crippen LogP contribution in [0.1, 0.15) is 13.8 Å². The van der Waals surface area contributed by atoms with Gasteiger partial charge in [0, 0.05) is 0 Å². The van der Waals surface area contributed by atoms with E-state index in [9.17, 15) is 46.1 Å². The van der Waals surface area contributed by atoms with Crippen LogP contribution in [0.4, 0.5) is 26.3 Å². The third-order valence-corrected chi connectivity index (χ3v) is 1.23. The van der Waals surface area contributed by atoms with Crippen molar-refractivity contribution in [2.24, 2.45) is 0 Å². The van der Waals surface area contributed by atoms with Crippen LogP contribution in [0.15, 0.2) is 23.7 Å². The van der Waals surface area contributed by atoms with Gasteiger partial charge in [-0.25, -0.2) is 0 Å². The molecule has 0 bridgehead atoms.